The standard InChI is InChI=1S/C14H18N4O2.ClH/c1-2-7-15-8-9-16-14(19)12-5-3-11(4-6-12)13-17-10-20-18-13;/h3-6,10,15H,2,7-9H2,1H3,(H,16,19);1H. The number of rotatable bonds is 7. The zero-order valence-corrected chi connectivity index (χ0v) is 12.7. The van der Waals surface area contributed by atoms with Gasteiger partial charge in [-0.1, -0.05) is 24.2 Å². The number of hydrogen-bond donors (Lipinski definition) is 2. The van der Waals surface area contributed by atoms with E-state index in [0.717, 1.165) is 25.1 Å². The van der Waals surface area contributed by atoms with Crippen molar-refractivity contribution in [3.63, 3.8) is 0 Å². The van der Waals surface area contributed by atoms with Gasteiger partial charge in [-0.15, -0.1) is 12.4 Å². The first-order chi connectivity index (χ1) is 9.81. The molecule has 7 heteroatoms. The highest BCUT2D eigenvalue weighted by molar-refractivity contribution is 5.94. The summed E-state index contributed by atoms with van der Waals surface area (Å²) in [4.78, 5) is 15.8. The Morgan fingerprint density at radius 2 is 1.95 bits per heavy atom. The van der Waals surface area contributed by atoms with Gasteiger partial charge in [-0.05, 0) is 25.1 Å². The van der Waals surface area contributed by atoms with E-state index >= 15 is 0 Å². The molecule has 1 aromatic carbocycles. The predicted molar refractivity (Wildman–Crippen MR) is 82.5 cm³/mol. The third-order valence-corrected chi connectivity index (χ3v) is 2.78. The van der Waals surface area contributed by atoms with E-state index in [1.807, 2.05) is 0 Å². The molecule has 0 spiro atoms. The zero-order chi connectivity index (χ0) is 14.2. The lowest BCUT2D eigenvalue weighted by atomic mass is 10.1. The van der Waals surface area contributed by atoms with Gasteiger partial charge in [-0.25, -0.2) is 0 Å². The minimum absolute atomic E-state index is 0. The van der Waals surface area contributed by atoms with Crippen LogP contribution >= 0.6 is 12.4 Å². The summed E-state index contributed by atoms with van der Waals surface area (Å²) >= 11 is 0. The highest BCUT2D eigenvalue weighted by atomic mass is 35.5. The molecule has 0 bridgehead atoms. The van der Waals surface area contributed by atoms with Gasteiger partial charge in [0.15, 0.2) is 0 Å². The van der Waals surface area contributed by atoms with Crippen molar-refractivity contribution in [2.45, 2.75) is 13.3 Å². The molecule has 0 aliphatic carbocycles. The second-order valence-corrected chi connectivity index (χ2v) is 4.34. The first-order valence-electron chi connectivity index (χ1n) is 6.67. The largest absolute Gasteiger partial charge is 0.351 e. The van der Waals surface area contributed by atoms with E-state index < -0.39 is 0 Å². The van der Waals surface area contributed by atoms with Gasteiger partial charge >= 0.3 is 0 Å². The lowest BCUT2D eigenvalue weighted by Crippen LogP contribution is -2.32. The van der Waals surface area contributed by atoms with E-state index in [0.29, 0.717) is 17.9 Å². The molecule has 2 aromatic rings. The van der Waals surface area contributed by atoms with Crippen LogP contribution in [0.4, 0.5) is 0 Å². The van der Waals surface area contributed by atoms with Gasteiger partial charge < -0.3 is 15.2 Å². The van der Waals surface area contributed by atoms with E-state index in [-0.39, 0.29) is 18.3 Å². The van der Waals surface area contributed by atoms with E-state index in [9.17, 15) is 4.79 Å². The Bertz CT molecular complexity index is 528. The van der Waals surface area contributed by atoms with E-state index in [4.69, 9.17) is 0 Å². The number of aromatic nitrogens is 2. The molecule has 2 rings (SSSR count). The van der Waals surface area contributed by atoms with Crippen LogP contribution in [-0.2, 0) is 0 Å². The van der Waals surface area contributed by atoms with Crippen LogP contribution in [0, 0.1) is 0 Å². The molecule has 21 heavy (non-hydrogen) atoms. The van der Waals surface area contributed by atoms with Crippen LogP contribution in [0.15, 0.2) is 35.2 Å². The Balaban J connectivity index is 0.00000220. The Labute approximate surface area is 129 Å². The van der Waals surface area contributed by atoms with Crippen LogP contribution in [0.3, 0.4) is 0 Å². The summed E-state index contributed by atoms with van der Waals surface area (Å²) in [7, 11) is 0. The number of carbonyl (C=O) groups excluding carboxylic acids is 1. The molecule has 0 aliphatic heterocycles. The summed E-state index contributed by atoms with van der Waals surface area (Å²) < 4.78 is 4.68. The number of hydrogen-bond acceptors (Lipinski definition) is 5. The SMILES string of the molecule is CCCNCCNC(=O)c1ccc(-c2ncon2)cc1.Cl. The van der Waals surface area contributed by atoms with E-state index in [2.05, 4.69) is 32.2 Å². The molecule has 6 nitrogen and oxygen atoms in total. The number of amides is 1. The molecule has 0 unspecified atom stereocenters. The molecule has 114 valence electrons. The van der Waals surface area contributed by atoms with Gasteiger partial charge in [0.1, 0.15) is 0 Å². The Kier molecular flexibility index (Phi) is 7.42. The molecule has 1 amide bonds. The van der Waals surface area contributed by atoms with Gasteiger partial charge in [0.05, 0.1) is 0 Å². The first-order valence-corrected chi connectivity index (χ1v) is 6.67. The number of nitrogens with zero attached hydrogens (tertiary/aromatic N) is 2. The fraction of sp³-hybridized carbons (Fsp3) is 0.357. The molecule has 0 saturated heterocycles. The van der Waals surface area contributed by atoms with E-state index in [1.54, 1.807) is 24.3 Å². The monoisotopic (exact) mass is 310 g/mol. The van der Waals surface area contributed by atoms with Crippen molar-refractivity contribution >= 4 is 18.3 Å². The number of carbonyl (C=O) groups is 1. The Morgan fingerprint density at radius 1 is 1.19 bits per heavy atom. The number of halogens is 1. The lowest BCUT2D eigenvalue weighted by Gasteiger charge is -2.06. The number of benzene rings is 1. The Morgan fingerprint density at radius 3 is 2.57 bits per heavy atom. The summed E-state index contributed by atoms with van der Waals surface area (Å²) in [5.74, 6) is 0.434. The molecule has 1 aromatic heterocycles. The summed E-state index contributed by atoms with van der Waals surface area (Å²) in [5, 5.41) is 9.83. The molecule has 2 N–H and O–H groups in total. The third-order valence-electron chi connectivity index (χ3n) is 2.78. The Hall–Kier alpha value is -1.92. The fourth-order valence-corrected chi connectivity index (χ4v) is 1.74. The highest BCUT2D eigenvalue weighted by Crippen LogP contribution is 2.14. The van der Waals surface area contributed by atoms with Crippen molar-refractivity contribution in [2.75, 3.05) is 19.6 Å². The smallest absolute Gasteiger partial charge is 0.251 e. The molecule has 0 saturated carbocycles. The average molecular weight is 311 g/mol. The van der Waals surface area contributed by atoms with Crippen LogP contribution in [0.2, 0.25) is 0 Å². The van der Waals surface area contributed by atoms with Crippen molar-refractivity contribution in [1.82, 2.24) is 20.8 Å². The molecule has 0 radical (unpaired) electrons. The van der Waals surface area contributed by atoms with Crippen LogP contribution in [0.5, 0.6) is 0 Å². The predicted octanol–water partition coefficient (Wildman–Crippen LogP) is 1.89. The molecule has 0 atom stereocenters. The fourth-order valence-electron chi connectivity index (χ4n) is 1.74. The molecule has 0 fully saturated rings. The topological polar surface area (TPSA) is 80.0 Å². The minimum atomic E-state index is -0.0806. The van der Waals surface area contributed by atoms with Crippen molar-refractivity contribution in [3.8, 4) is 11.4 Å². The minimum Gasteiger partial charge on any atom is -0.351 e. The van der Waals surface area contributed by atoms with Gasteiger partial charge in [0.25, 0.3) is 5.91 Å². The average Bonchev–Trinajstić information content (AvgIpc) is 3.01. The second-order valence-electron chi connectivity index (χ2n) is 4.34. The first kappa shape index (κ1) is 17.1. The van der Waals surface area contributed by atoms with Gasteiger partial charge in [-0.2, -0.15) is 4.98 Å². The van der Waals surface area contributed by atoms with Crippen molar-refractivity contribution < 1.29 is 9.32 Å². The van der Waals surface area contributed by atoms with Gasteiger partial charge in [-0.3, -0.25) is 4.79 Å². The maximum Gasteiger partial charge on any atom is 0.251 e. The van der Waals surface area contributed by atoms with Crippen LogP contribution in [0.1, 0.15) is 23.7 Å². The quantitative estimate of drug-likeness (QED) is 0.763. The van der Waals surface area contributed by atoms with Crippen molar-refractivity contribution in [1.29, 1.82) is 0 Å². The maximum atomic E-state index is 11.9. The summed E-state index contributed by atoms with van der Waals surface area (Å²) in [6.07, 6.45) is 2.37. The summed E-state index contributed by atoms with van der Waals surface area (Å²) in [5.41, 5.74) is 1.44. The number of nitrogens with one attached hydrogen (secondary N) is 2. The third kappa shape index (κ3) is 5.17. The normalized spacial score (nSPS) is 9.95. The molecular formula is C14H19ClN4O2. The molecular weight excluding hydrogens is 292 g/mol. The van der Waals surface area contributed by atoms with Crippen LogP contribution in [-0.4, -0.2) is 35.7 Å². The van der Waals surface area contributed by atoms with Gasteiger partial charge in [0, 0.05) is 24.2 Å². The molecule has 1 heterocycles. The van der Waals surface area contributed by atoms with Crippen molar-refractivity contribution in [3.05, 3.63) is 36.2 Å². The lowest BCUT2D eigenvalue weighted by molar-refractivity contribution is 0.0954. The van der Waals surface area contributed by atoms with E-state index in [1.165, 1.54) is 6.39 Å². The van der Waals surface area contributed by atoms with Gasteiger partial charge in [0.2, 0.25) is 12.2 Å². The maximum absolute atomic E-state index is 11.9. The van der Waals surface area contributed by atoms with Crippen LogP contribution in [0.25, 0.3) is 11.4 Å². The van der Waals surface area contributed by atoms with Crippen molar-refractivity contribution in [2.24, 2.45) is 0 Å². The highest BCUT2D eigenvalue weighted by Gasteiger charge is 2.07. The summed E-state index contributed by atoms with van der Waals surface area (Å²) in [6, 6.07) is 7.10. The second kappa shape index (κ2) is 9.10. The zero-order valence-electron chi connectivity index (χ0n) is 11.8. The summed E-state index contributed by atoms with van der Waals surface area (Å²) in [6.45, 7) is 4.47. The molecule has 0 aliphatic rings. The van der Waals surface area contributed by atoms with Crippen LogP contribution < -0.4 is 10.6 Å².